The summed E-state index contributed by atoms with van der Waals surface area (Å²) in [5.74, 6) is 0. The molecule has 0 radical (unpaired) electrons. The molecule has 0 saturated heterocycles. The predicted molar refractivity (Wildman–Crippen MR) is 93.3 cm³/mol. The Morgan fingerprint density at radius 3 is 1.76 bits per heavy atom. The molecule has 0 bridgehead atoms. The van der Waals surface area contributed by atoms with Crippen LogP contribution >= 0.6 is 35.0 Å². The number of benzene rings is 2. The number of halogens is 3. The van der Waals surface area contributed by atoms with Crippen molar-refractivity contribution in [1.82, 2.24) is 4.94 Å². The van der Waals surface area contributed by atoms with Crippen LogP contribution in [0.2, 0.25) is 10.0 Å². The van der Waals surface area contributed by atoms with Gasteiger partial charge in [-0.1, -0.05) is 23.2 Å². The van der Waals surface area contributed by atoms with Gasteiger partial charge in [0.2, 0.25) is 0 Å². The van der Waals surface area contributed by atoms with Gasteiger partial charge in [0.15, 0.2) is 0 Å². The summed E-state index contributed by atoms with van der Waals surface area (Å²) in [5.41, 5.74) is 7.34. The quantitative estimate of drug-likeness (QED) is 0.407. The zero-order chi connectivity index (χ0) is 15.5. The topological polar surface area (TPSA) is 48.5 Å². The molecular formula is C14H15Cl3N4. The number of hydrogen-bond donors (Lipinski definition) is 3. The Labute approximate surface area is 139 Å². The van der Waals surface area contributed by atoms with Crippen molar-refractivity contribution in [1.29, 1.82) is 0 Å². The first-order chi connectivity index (χ1) is 10.2. The second-order valence-corrected chi connectivity index (χ2v) is 4.79. The fourth-order valence-electron chi connectivity index (χ4n) is 1.25. The molecule has 112 valence electrons. The van der Waals surface area contributed by atoms with E-state index < -0.39 is 0 Å². The third-order valence-corrected chi connectivity index (χ3v) is 2.80. The van der Waals surface area contributed by atoms with E-state index in [0.717, 1.165) is 16.4 Å². The van der Waals surface area contributed by atoms with E-state index in [9.17, 15) is 0 Å². The predicted octanol–water partition coefficient (Wildman–Crippen LogP) is 5.17. The second kappa shape index (κ2) is 10.3. The molecule has 4 nitrogen and oxygen atoms in total. The number of hydrazine groups is 1. The summed E-state index contributed by atoms with van der Waals surface area (Å²) in [6, 6.07) is 14.6. The van der Waals surface area contributed by atoms with E-state index in [1.165, 1.54) is 0 Å². The Morgan fingerprint density at radius 2 is 1.33 bits per heavy atom. The van der Waals surface area contributed by atoms with Crippen LogP contribution in [0.15, 0.2) is 53.6 Å². The first kappa shape index (κ1) is 17.6. The fourth-order valence-corrected chi connectivity index (χ4v) is 1.61. The minimum absolute atomic E-state index is 0.708. The lowest BCUT2D eigenvalue weighted by molar-refractivity contribution is 1.20. The molecule has 0 atom stereocenters. The molecule has 0 heterocycles. The summed E-state index contributed by atoms with van der Waals surface area (Å²) >= 11 is 16.5. The van der Waals surface area contributed by atoms with Crippen molar-refractivity contribution in [2.75, 3.05) is 10.9 Å². The number of hydrogen-bond acceptors (Lipinski definition) is 4. The minimum Gasteiger partial charge on any atom is -0.308 e. The van der Waals surface area contributed by atoms with Gasteiger partial charge in [0.1, 0.15) is 0 Å². The van der Waals surface area contributed by atoms with Crippen LogP contribution in [0.3, 0.4) is 0 Å². The van der Waals surface area contributed by atoms with Crippen LogP contribution in [0.4, 0.5) is 11.4 Å². The second-order valence-electron chi connectivity index (χ2n) is 3.73. The van der Waals surface area contributed by atoms with Gasteiger partial charge in [-0.3, -0.25) is 5.43 Å². The van der Waals surface area contributed by atoms with E-state index >= 15 is 0 Å². The molecule has 2 aromatic rings. The van der Waals surface area contributed by atoms with Gasteiger partial charge in [-0.25, -0.2) is 0 Å². The van der Waals surface area contributed by atoms with Crippen LogP contribution in [-0.2, 0) is 0 Å². The van der Waals surface area contributed by atoms with Crippen LogP contribution in [0.1, 0.15) is 6.92 Å². The Hall–Kier alpha value is -1.46. The van der Waals surface area contributed by atoms with Crippen LogP contribution in [0, 0.1) is 0 Å². The van der Waals surface area contributed by atoms with Gasteiger partial charge in [-0.2, -0.15) is 5.10 Å². The van der Waals surface area contributed by atoms with E-state index in [-0.39, 0.29) is 0 Å². The van der Waals surface area contributed by atoms with Crippen LogP contribution in [-0.4, -0.2) is 6.21 Å². The molecule has 0 unspecified atom stereocenters. The van der Waals surface area contributed by atoms with Gasteiger partial charge in [0.05, 0.1) is 11.4 Å². The van der Waals surface area contributed by atoms with E-state index in [2.05, 4.69) is 20.9 Å². The largest absolute Gasteiger partial charge is 0.308 e. The van der Waals surface area contributed by atoms with E-state index in [1.807, 2.05) is 43.3 Å². The minimum atomic E-state index is 0.708. The highest BCUT2D eigenvalue weighted by Gasteiger charge is 1.88. The van der Waals surface area contributed by atoms with Crippen molar-refractivity contribution >= 4 is 52.6 Å². The van der Waals surface area contributed by atoms with Crippen molar-refractivity contribution in [3.05, 3.63) is 58.6 Å². The highest BCUT2D eigenvalue weighted by atomic mass is 35.5. The standard InChI is InChI=1S/C8H9ClN2.C6H6Cl2N2/c1-2-10-11-8-5-3-7(9)4-6-8;7-5-1-3-6(4-2-5)9-10-8/h2-6,11H,1H3;1-4,9-10H/b10-2+;. The van der Waals surface area contributed by atoms with Gasteiger partial charge >= 0.3 is 0 Å². The molecule has 0 spiro atoms. The molecule has 0 fully saturated rings. The third-order valence-electron chi connectivity index (χ3n) is 2.20. The molecule has 0 saturated carbocycles. The van der Waals surface area contributed by atoms with Gasteiger partial charge in [0.25, 0.3) is 0 Å². The average Bonchev–Trinajstić information content (AvgIpc) is 2.50. The molecule has 2 rings (SSSR count). The molecule has 21 heavy (non-hydrogen) atoms. The summed E-state index contributed by atoms with van der Waals surface area (Å²) in [5, 5.41) is 5.29. The van der Waals surface area contributed by atoms with Crippen molar-refractivity contribution < 1.29 is 0 Å². The Balaban J connectivity index is 0.000000211. The zero-order valence-electron chi connectivity index (χ0n) is 11.3. The highest BCUT2D eigenvalue weighted by molar-refractivity contribution is 6.30. The van der Waals surface area contributed by atoms with Crippen molar-refractivity contribution in [2.24, 2.45) is 5.10 Å². The summed E-state index contributed by atoms with van der Waals surface area (Å²) in [6.07, 6.45) is 1.69. The molecule has 0 aliphatic rings. The molecule has 7 heteroatoms. The zero-order valence-corrected chi connectivity index (χ0v) is 13.5. The Bertz CT molecular complexity index is 541. The molecule has 0 aromatic heterocycles. The van der Waals surface area contributed by atoms with Crippen LogP contribution < -0.4 is 15.8 Å². The Morgan fingerprint density at radius 1 is 0.857 bits per heavy atom. The van der Waals surface area contributed by atoms with E-state index in [1.54, 1.807) is 18.3 Å². The third kappa shape index (κ3) is 7.78. The number of nitrogens with zero attached hydrogens (tertiary/aromatic N) is 1. The number of hydrazone groups is 1. The number of rotatable bonds is 4. The maximum Gasteiger partial charge on any atom is 0.0562 e. The molecule has 0 amide bonds. The van der Waals surface area contributed by atoms with Crippen molar-refractivity contribution in [3.63, 3.8) is 0 Å². The summed E-state index contributed by atoms with van der Waals surface area (Å²) in [7, 11) is 0. The average molecular weight is 346 g/mol. The fraction of sp³-hybridized carbons (Fsp3) is 0.0714. The molecule has 3 N–H and O–H groups in total. The van der Waals surface area contributed by atoms with Gasteiger partial charge in [-0.15, -0.1) is 4.94 Å². The summed E-state index contributed by atoms with van der Waals surface area (Å²) in [6.45, 7) is 1.85. The van der Waals surface area contributed by atoms with Crippen LogP contribution in [0.25, 0.3) is 0 Å². The number of nitrogens with one attached hydrogen (secondary N) is 3. The van der Waals surface area contributed by atoms with Crippen molar-refractivity contribution in [2.45, 2.75) is 6.92 Å². The van der Waals surface area contributed by atoms with Gasteiger partial charge in [-0.05, 0) is 67.2 Å². The van der Waals surface area contributed by atoms with Crippen molar-refractivity contribution in [3.8, 4) is 0 Å². The SMILES string of the molecule is C/C=N/Nc1ccc(Cl)cc1.ClNNc1ccc(Cl)cc1. The summed E-state index contributed by atoms with van der Waals surface area (Å²) < 4.78 is 0. The smallest absolute Gasteiger partial charge is 0.0562 e. The first-order valence-electron chi connectivity index (χ1n) is 6.02. The lowest BCUT2D eigenvalue weighted by Gasteiger charge is -2.00. The van der Waals surface area contributed by atoms with E-state index in [0.29, 0.717) is 5.02 Å². The lowest BCUT2D eigenvalue weighted by Crippen LogP contribution is -2.07. The maximum atomic E-state index is 5.68. The van der Waals surface area contributed by atoms with Crippen LogP contribution in [0.5, 0.6) is 0 Å². The molecule has 0 aliphatic heterocycles. The van der Waals surface area contributed by atoms with Gasteiger partial charge < -0.3 is 5.43 Å². The monoisotopic (exact) mass is 344 g/mol. The molecular weight excluding hydrogens is 331 g/mol. The normalized spacial score (nSPS) is 9.90. The molecule has 0 aliphatic carbocycles. The van der Waals surface area contributed by atoms with E-state index in [4.69, 9.17) is 35.0 Å². The molecule has 2 aromatic carbocycles. The maximum absolute atomic E-state index is 5.68. The first-order valence-corrected chi connectivity index (χ1v) is 7.15. The lowest BCUT2D eigenvalue weighted by atomic mass is 10.3. The number of anilines is 2. The summed E-state index contributed by atoms with van der Waals surface area (Å²) in [4.78, 5) is 2.28. The Kier molecular flexibility index (Phi) is 8.62. The van der Waals surface area contributed by atoms with Gasteiger partial charge in [0, 0.05) is 16.3 Å². The highest BCUT2D eigenvalue weighted by Crippen LogP contribution is 2.13.